The van der Waals surface area contributed by atoms with Gasteiger partial charge in [0.25, 0.3) is 5.91 Å². The van der Waals surface area contributed by atoms with Crippen molar-refractivity contribution in [3.8, 4) is 0 Å². The van der Waals surface area contributed by atoms with Crippen molar-refractivity contribution < 1.29 is 26.4 Å². The van der Waals surface area contributed by atoms with E-state index in [1.54, 1.807) is 13.8 Å². The third-order valence-corrected chi connectivity index (χ3v) is 5.85. The molecule has 0 aliphatic rings. The van der Waals surface area contributed by atoms with Crippen molar-refractivity contribution in [2.24, 2.45) is 0 Å². The Bertz CT molecular complexity index is 959. The molecule has 1 amide bonds. The summed E-state index contributed by atoms with van der Waals surface area (Å²) < 4.78 is 67.3. The van der Waals surface area contributed by atoms with Crippen molar-refractivity contribution in [2.75, 3.05) is 18.4 Å². The summed E-state index contributed by atoms with van der Waals surface area (Å²) in [6.07, 6.45) is 1.11. The summed E-state index contributed by atoms with van der Waals surface area (Å²) >= 11 is 0. The van der Waals surface area contributed by atoms with E-state index in [0.29, 0.717) is 12.8 Å². The molecule has 9 heteroatoms. The summed E-state index contributed by atoms with van der Waals surface area (Å²) in [7, 11) is -4.13. The van der Waals surface area contributed by atoms with Gasteiger partial charge in [-0.25, -0.2) is 21.6 Å². The molecule has 0 saturated carbocycles. The van der Waals surface area contributed by atoms with E-state index in [4.69, 9.17) is 0 Å². The first-order chi connectivity index (χ1) is 13.2. The van der Waals surface area contributed by atoms with E-state index < -0.39 is 38.3 Å². The lowest BCUT2D eigenvalue weighted by Gasteiger charge is -2.21. The van der Waals surface area contributed by atoms with E-state index in [2.05, 4.69) is 5.32 Å². The van der Waals surface area contributed by atoms with Gasteiger partial charge in [-0.3, -0.25) is 4.79 Å². The molecule has 1 N–H and O–H groups in total. The van der Waals surface area contributed by atoms with Gasteiger partial charge in [0.1, 0.15) is 10.7 Å². The van der Waals surface area contributed by atoms with Crippen LogP contribution in [0.1, 0.15) is 37.0 Å². The molecule has 0 bridgehead atoms. The minimum absolute atomic E-state index is 0.0174. The largest absolute Gasteiger partial charge is 0.322 e. The number of anilines is 1. The number of halogens is 3. The normalized spacial score (nSPS) is 11.6. The topological polar surface area (TPSA) is 66.5 Å². The number of sulfonamides is 1. The highest BCUT2D eigenvalue weighted by Crippen LogP contribution is 2.22. The summed E-state index contributed by atoms with van der Waals surface area (Å²) in [5, 5.41) is 2.33. The minimum atomic E-state index is -4.13. The predicted octanol–water partition coefficient (Wildman–Crippen LogP) is 4.17. The molecule has 0 fully saturated rings. The maximum Gasteiger partial charge on any atom is 0.255 e. The second-order valence-corrected chi connectivity index (χ2v) is 8.04. The Morgan fingerprint density at radius 3 is 2.11 bits per heavy atom. The maximum atomic E-state index is 14.3. The Labute approximate surface area is 162 Å². The molecule has 2 rings (SSSR count). The second kappa shape index (κ2) is 9.20. The van der Waals surface area contributed by atoms with E-state index in [9.17, 15) is 26.4 Å². The van der Waals surface area contributed by atoms with Crippen LogP contribution in [-0.4, -0.2) is 31.7 Å². The Balaban J connectivity index is 2.35. The lowest BCUT2D eigenvalue weighted by atomic mass is 10.2. The number of nitrogens with zero attached hydrogens (tertiary/aromatic N) is 1. The van der Waals surface area contributed by atoms with Gasteiger partial charge in [-0.2, -0.15) is 4.31 Å². The number of carbonyl (C=O) groups excluding carboxylic acids is 1. The van der Waals surface area contributed by atoms with Crippen molar-refractivity contribution in [2.45, 2.75) is 31.6 Å². The van der Waals surface area contributed by atoms with Crippen molar-refractivity contribution in [3.05, 3.63) is 59.4 Å². The van der Waals surface area contributed by atoms with Crippen LogP contribution in [0.25, 0.3) is 0 Å². The SMILES string of the molecule is CCCN(CCC)S(=O)(=O)c1cc(C(=O)Nc2ccc(F)c(F)c2)ccc1F. The molecule has 2 aromatic carbocycles. The molecule has 0 aromatic heterocycles. The van der Waals surface area contributed by atoms with Crippen LogP contribution in [0.3, 0.4) is 0 Å². The monoisotopic (exact) mass is 414 g/mol. The van der Waals surface area contributed by atoms with Crippen molar-refractivity contribution in [3.63, 3.8) is 0 Å². The standard InChI is InChI=1S/C19H21F3N2O3S/c1-3-9-24(10-4-2)28(26,27)18-11-13(5-7-16(18)21)19(25)23-14-6-8-15(20)17(22)12-14/h5-8,11-12H,3-4,9-10H2,1-2H3,(H,23,25). The fraction of sp³-hybridized carbons (Fsp3) is 0.316. The Kier molecular flexibility index (Phi) is 7.20. The summed E-state index contributed by atoms with van der Waals surface area (Å²) in [6.45, 7) is 4.06. The van der Waals surface area contributed by atoms with Gasteiger partial charge >= 0.3 is 0 Å². The molecule has 0 aliphatic heterocycles. The number of rotatable bonds is 8. The average molecular weight is 414 g/mol. The number of hydrogen-bond acceptors (Lipinski definition) is 3. The van der Waals surface area contributed by atoms with Crippen LogP contribution < -0.4 is 5.32 Å². The fourth-order valence-electron chi connectivity index (χ4n) is 2.61. The van der Waals surface area contributed by atoms with Gasteiger partial charge in [-0.1, -0.05) is 13.8 Å². The fourth-order valence-corrected chi connectivity index (χ4v) is 4.32. The molecule has 0 atom stereocenters. The van der Waals surface area contributed by atoms with Gasteiger partial charge in [0.15, 0.2) is 11.6 Å². The summed E-state index contributed by atoms with van der Waals surface area (Å²) in [5.74, 6) is -3.96. The number of amides is 1. The summed E-state index contributed by atoms with van der Waals surface area (Å²) in [4.78, 5) is 11.8. The molecule has 0 spiro atoms. The highest BCUT2D eigenvalue weighted by molar-refractivity contribution is 7.89. The predicted molar refractivity (Wildman–Crippen MR) is 100 cm³/mol. The molecule has 0 saturated heterocycles. The van der Waals surface area contributed by atoms with Crippen LogP contribution in [-0.2, 0) is 10.0 Å². The van der Waals surface area contributed by atoms with Crippen molar-refractivity contribution in [1.82, 2.24) is 4.31 Å². The average Bonchev–Trinajstić information content (AvgIpc) is 2.64. The van der Waals surface area contributed by atoms with Crippen molar-refractivity contribution >= 4 is 21.6 Å². The molecule has 0 unspecified atom stereocenters. The van der Waals surface area contributed by atoms with Crippen LogP contribution in [0.15, 0.2) is 41.3 Å². The first kappa shape index (κ1) is 21.9. The van der Waals surface area contributed by atoms with Crippen LogP contribution in [0.4, 0.5) is 18.9 Å². The molecular formula is C19H21F3N2O3S. The molecule has 5 nitrogen and oxygen atoms in total. The first-order valence-electron chi connectivity index (χ1n) is 8.76. The molecule has 152 valence electrons. The van der Waals surface area contributed by atoms with E-state index in [-0.39, 0.29) is 24.3 Å². The molecular weight excluding hydrogens is 393 g/mol. The zero-order chi connectivity index (χ0) is 20.9. The lowest BCUT2D eigenvalue weighted by molar-refractivity contribution is 0.102. The zero-order valence-electron chi connectivity index (χ0n) is 15.5. The molecule has 28 heavy (non-hydrogen) atoms. The summed E-state index contributed by atoms with van der Waals surface area (Å²) in [6, 6.07) is 5.74. The van der Waals surface area contributed by atoms with E-state index in [1.807, 2.05) is 0 Å². The Morgan fingerprint density at radius 1 is 0.929 bits per heavy atom. The minimum Gasteiger partial charge on any atom is -0.322 e. The third-order valence-electron chi connectivity index (χ3n) is 3.93. The van der Waals surface area contributed by atoms with Crippen LogP contribution >= 0.6 is 0 Å². The van der Waals surface area contributed by atoms with E-state index in [0.717, 1.165) is 36.4 Å². The highest BCUT2D eigenvalue weighted by Gasteiger charge is 2.27. The molecule has 0 heterocycles. The number of benzene rings is 2. The van der Waals surface area contributed by atoms with Gasteiger partial charge in [0, 0.05) is 30.4 Å². The summed E-state index contributed by atoms with van der Waals surface area (Å²) in [5.41, 5.74) is -0.145. The van der Waals surface area contributed by atoms with Crippen molar-refractivity contribution in [1.29, 1.82) is 0 Å². The molecule has 0 radical (unpaired) electrons. The maximum absolute atomic E-state index is 14.3. The molecule has 2 aromatic rings. The number of nitrogens with one attached hydrogen (secondary N) is 1. The van der Waals surface area contributed by atoms with Gasteiger partial charge in [-0.05, 0) is 43.2 Å². The highest BCUT2D eigenvalue weighted by atomic mass is 32.2. The van der Waals surface area contributed by atoms with Gasteiger partial charge in [0.05, 0.1) is 0 Å². The zero-order valence-corrected chi connectivity index (χ0v) is 16.3. The van der Waals surface area contributed by atoms with Gasteiger partial charge in [-0.15, -0.1) is 0 Å². The van der Waals surface area contributed by atoms with Crippen LogP contribution in [0.2, 0.25) is 0 Å². The van der Waals surface area contributed by atoms with Gasteiger partial charge in [0.2, 0.25) is 10.0 Å². The van der Waals surface area contributed by atoms with Gasteiger partial charge < -0.3 is 5.32 Å². The number of carbonyl (C=O) groups is 1. The first-order valence-corrected chi connectivity index (χ1v) is 10.2. The quantitative estimate of drug-likeness (QED) is 0.705. The van der Waals surface area contributed by atoms with E-state index >= 15 is 0 Å². The Hall–Kier alpha value is -2.39. The number of hydrogen-bond donors (Lipinski definition) is 1. The van der Waals surface area contributed by atoms with Crippen LogP contribution in [0, 0.1) is 17.5 Å². The lowest BCUT2D eigenvalue weighted by Crippen LogP contribution is -2.33. The second-order valence-electron chi connectivity index (χ2n) is 6.13. The van der Waals surface area contributed by atoms with Crippen LogP contribution in [0.5, 0.6) is 0 Å². The smallest absolute Gasteiger partial charge is 0.255 e. The molecule has 0 aliphatic carbocycles. The third kappa shape index (κ3) is 4.90. The van der Waals surface area contributed by atoms with E-state index in [1.165, 1.54) is 4.31 Å². The Morgan fingerprint density at radius 2 is 1.54 bits per heavy atom.